The van der Waals surface area contributed by atoms with Crippen molar-refractivity contribution in [3.63, 3.8) is 0 Å². The Morgan fingerprint density at radius 2 is 2.06 bits per heavy atom. The molecule has 0 bridgehead atoms. The van der Waals surface area contributed by atoms with Gasteiger partial charge in [-0.15, -0.1) is 0 Å². The number of carbonyl (C=O) groups is 1. The SMILES string of the molecule is Cc1nonc1CN(C)C1CCC(=O)CC1. The van der Waals surface area contributed by atoms with Gasteiger partial charge < -0.3 is 0 Å². The molecular weight excluding hydrogens is 206 g/mol. The fourth-order valence-electron chi connectivity index (χ4n) is 2.12. The van der Waals surface area contributed by atoms with E-state index in [0.717, 1.165) is 30.8 Å². The molecule has 5 nitrogen and oxygen atoms in total. The molecule has 5 heteroatoms. The normalized spacial score (nSPS) is 18.3. The highest BCUT2D eigenvalue weighted by Crippen LogP contribution is 2.20. The first-order chi connectivity index (χ1) is 7.66. The molecule has 1 aromatic rings. The van der Waals surface area contributed by atoms with Crippen LogP contribution in [0.3, 0.4) is 0 Å². The average molecular weight is 223 g/mol. The molecule has 0 spiro atoms. The number of carbonyl (C=O) groups excluding carboxylic acids is 1. The summed E-state index contributed by atoms with van der Waals surface area (Å²) in [6, 6.07) is 0.480. The highest BCUT2D eigenvalue weighted by molar-refractivity contribution is 5.79. The molecule has 0 aliphatic heterocycles. The van der Waals surface area contributed by atoms with Crippen molar-refractivity contribution in [3.8, 4) is 0 Å². The first-order valence-corrected chi connectivity index (χ1v) is 5.67. The van der Waals surface area contributed by atoms with E-state index < -0.39 is 0 Å². The third-order valence-corrected chi connectivity index (χ3v) is 3.28. The van der Waals surface area contributed by atoms with Crippen LogP contribution in [0.25, 0.3) is 0 Å². The summed E-state index contributed by atoms with van der Waals surface area (Å²) in [7, 11) is 2.06. The number of hydrogen-bond donors (Lipinski definition) is 0. The van der Waals surface area contributed by atoms with E-state index in [-0.39, 0.29) is 0 Å². The Balaban J connectivity index is 1.91. The van der Waals surface area contributed by atoms with Crippen molar-refractivity contribution in [2.75, 3.05) is 7.05 Å². The predicted molar refractivity (Wildman–Crippen MR) is 57.8 cm³/mol. The highest BCUT2D eigenvalue weighted by atomic mass is 16.6. The van der Waals surface area contributed by atoms with Crippen molar-refractivity contribution in [2.24, 2.45) is 0 Å². The third kappa shape index (κ3) is 2.47. The van der Waals surface area contributed by atoms with Crippen LogP contribution in [-0.4, -0.2) is 34.1 Å². The summed E-state index contributed by atoms with van der Waals surface area (Å²) < 4.78 is 4.67. The van der Waals surface area contributed by atoms with E-state index in [1.54, 1.807) is 0 Å². The zero-order valence-electron chi connectivity index (χ0n) is 9.77. The molecule has 1 aromatic heterocycles. The lowest BCUT2D eigenvalue weighted by Gasteiger charge is -2.29. The van der Waals surface area contributed by atoms with Gasteiger partial charge in [-0.25, -0.2) is 4.63 Å². The van der Waals surface area contributed by atoms with Crippen LogP contribution < -0.4 is 0 Å². The maximum atomic E-state index is 11.1. The molecule has 0 amide bonds. The summed E-state index contributed by atoms with van der Waals surface area (Å²) in [6.45, 7) is 2.64. The van der Waals surface area contributed by atoms with Crippen molar-refractivity contribution in [3.05, 3.63) is 11.4 Å². The average Bonchev–Trinajstić information content (AvgIpc) is 2.65. The van der Waals surface area contributed by atoms with Gasteiger partial charge in [0.05, 0.1) is 0 Å². The quantitative estimate of drug-likeness (QED) is 0.773. The standard InChI is InChI=1S/C11H17N3O2/c1-8-11(13-16-12-8)7-14(2)9-3-5-10(15)6-4-9/h9H,3-7H2,1-2H3. The van der Waals surface area contributed by atoms with Gasteiger partial charge in [-0.2, -0.15) is 0 Å². The predicted octanol–water partition coefficient (Wildman–Crippen LogP) is 1.32. The summed E-state index contributed by atoms with van der Waals surface area (Å²) in [5, 5.41) is 7.63. The van der Waals surface area contributed by atoms with Crippen LogP contribution in [0.5, 0.6) is 0 Å². The number of rotatable bonds is 3. The lowest BCUT2D eigenvalue weighted by Crippen LogP contribution is -2.35. The molecule has 1 aliphatic carbocycles. The number of ketones is 1. The van der Waals surface area contributed by atoms with E-state index in [1.165, 1.54) is 0 Å². The molecule has 0 saturated heterocycles. The second-order valence-corrected chi connectivity index (χ2v) is 4.48. The summed E-state index contributed by atoms with van der Waals surface area (Å²) >= 11 is 0. The number of hydrogen-bond acceptors (Lipinski definition) is 5. The zero-order chi connectivity index (χ0) is 11.5. The van der Waals surface area contributed by atoms with Gasteiger partial charge in [0.2, 0.25) is 0 Å². The van der Waals surface area contributed by atoms with Crippen LogP contribution in [0.15, 0.2) is 4.63 Å². The van der Waals surface area contributed by atoms with Gasteiger partial charge in [0.1, 0.15) is 17.2 Å². The third-order valence-electron chi connectivity index (χ3n) is 3.28. The van der Waals surface area contributed by atoms with Gasteiger partial charge in [0.25, 0.3) is 0 Å². The van der Waals surface area contributed by atoms with Gasteiger partial charge in [0.15, 0.2) is 0 Å². The van der Waals surface area contributed by atoms with Crippen LogP contribution >= 0.6 is 0 Å². The molecule has 88 valence electrons. The van der Waals surface area contributed by atoms with Crippen molar-refractivity contribution >= 4 is 5.78 Å². The fraction of sp³-hybridized carbons (Fsp3) is 0.727. The van der Waals surface area contributed by atoms with E-state index in [0.29, 0.717) is 24.7 Å². The molecule has 0 radical (unpaired) electrons. The largest absolute Gasteiger partial charge is 0.300 e. The first-order valence-electron chi connectivity index (χ1n) is 5.67. The van der Waals surface area contributed by atoms with E-state index in [4.69, 9.17) is 0 Å². The number of aromatic nitrogens is 2. The molecule has 2 rings (SSSR count). The number of Topliss-reactive ketones (excluding diaryl/α,β-unsaturated/α-hetero) is 1. The molecule has 1 saturated carbocycles. The zero-order valence-corrected chi connectivity index (χ0v) is 9.77. The van der Waals surface area contributed by atoms with Crippen LogP contribution in [-0.2, 0) is 11.3 Å². The van der Waals surface area contributed by atoms with Gasteiger partial charge >= 0.3 is 0 Å². The summed E-state index contributed by atoms with van der Waals surface area (Å²) in [5.41, 5.74) is 1.73. The first kappa shape index (κ1) is 11.3. The Labute approximate surface area is 94.8 Å². The van der Waals surface area contributed by atoms with Gasteiger partial charge in [-0.3, -0.25) is 9.69 Å². The Morgan fingerprint density at radius 1 is 1.38 bits per heavy atom. The van der Waals surface area contributed by atoms with Crippen molar-refractivity contribution in [1.82, 2.24) is 15.2 Å². The molecule has 1 fully saturated rings. The van der Waals surface area contributed by atoms with Crippen LogP contribution in [0.2, 0.25) is 0 Å². The maximum Gasteiger partial charge on any atom is 0.133 e. The monoisotopic (exact) mass is 223 g/mol. The fourth-order valence-corrected chi connectivity index (χ4v) is 2.12. The molecule has 0 unspecified atom stereocenters. The van der Waals surface area contributed by atoms with E-state index >= 15 is 0 Å². The minimum atomic E-state index is 0.393. The topological polar surface area (TPSA) is 59.2 Å². The summed E-state index contributed by atoms with van der Waals surface area (Å²) in [6.07, 6.45) is 3.34. The van der Waals surface area contributed by atoms with E-state index in [2.05, 4.69) is 26.9 Å². The van der Waals surface area contributed by atoms with Crippen molar-refractivity contribution < 1.29 is 9.42 Å². The van der Waals surface area contributed by atoms with Crippen LogP contribution in [0.4, 0.5) is 0 Å². The second kappa shape index (κ2) is 4.74. The lowest BCUT2D eigenvalue weighted by molar-refractivity contribution is -0.121. The Hall–Kier alpha value is -1.23. The Morgan fingerprint density at radius 3 is 2.62 bits per heavy atom. The second-order valence-electron chi connectivity index (χ2n) is 4.48. The Kier molecular flexibility index (Phi) is 3.33. The number of nitrogens with zero attached hydrogens (tertiary/aromatic N) is 3. The molecule has 0 N–H and O–H groups in total. The molecule has 1 heterocycles. The maximum absolute atomic E-state index is 11.1. The van der Waals surface area contributed by atoms with Crippen molar-refractivity contribution in [1.29, 1.82) is 0 Å². The van der Waals surface area contributed by atoms with Crippen molar-refractivity contribution in [2.45, 2.75) is 45.2 Å². The minimum Gasteiger partial charge on any atom is -0.300 e. The summed E-state index contributed by atoms with van der Waals surface area (Å²) in [4.78, 5) is 13.4. The smallest absolute Gasteiger partial charge is 0.133 e. The van der Waals surface area contributed by atoms with Crippen LogP contribution in [0, 0.1) is 6.92 Å². The van der Waals surface area contributed by atoms with Gasteiger partial charge in [-0.05, 0) is 26.8 Å². The Bertz CT molecular complexity index is 365. The molecule has 16 heavy (non-hydrogen) atoms. The van der Waals surface area contributed by atoms with E-state index in [1.807, 2.05) is 6.92 Å². The molecule has 0 atom stereocenters. The van der Waals surface area contributed by atoms with Gasteiger partial charge in [-0.1, -0.05) is 10.3 Å². The van der Waals surface area contributed by atoms with E-state index in [9.17, 15) is 4.79 Å². The summed E-state index contributed by atoms with van der Waals surface area (Å²) in [5.74, 6) is 0.393. The lowest BCUT2D eigenvalue weighted by atomic mass is 9.93. The van der Waals surface area contributed by atoms with Gasteiger partial charge in [0, 0.05) is 25.4 Å². The minimum absolute atomic E-state index is 0.393. The number of aryl methyl sites for hydroxylation is 1. The highest BCUT2D eigenvalue weighted by Gasteiger charge is 2.23. The van der Waals surface area contributed by atoms with Crippen LogP contribution in [0.1, 0.15) is 37.1 Å². The molecular formula is C11H17N3O2. The molecule has 0 aromatic carbocycles. The molecule has 1 aliphatic rings.